The Morgan fingerprint density at radius 3 is 2.40 bits per heavy atom. The average Bonchev–Trinajstić information content (AvgIpc) is 2.67. The maximum Gasteiger partial charge on any atom is 0.338 e. The van der Waals surface area contributed by atoms with Gasteiger partial charge in [0.1, 0.15) is 4.90 Å². The molecule has 0 aliphatic heterocycles. The van der Waals surface area contributed by atoms with Crippen molar-refractivity contribution in [2.75, 3.05) is 37.2 Å². The van der Waals surface area contributed by atoms with Crippen LogP contribution < -0.4 is 10.0 Å². The number of hydrogen-bond acceptors (Lipinski definition) is 5. The van der Waals surface area contributed by atoms with Gasteiger partial charge in [-0.1, -0.05) is 25.1 Å². The van der Waals surface area contributed by atoms with Crippen molar-refractivity contribution in [1.82, 2.24) is 4.90 Å². The number of nitrogens with one attached hydrogen (secondary N) is 2. The molecule has 2 aromatic carbocycles. The molecule has 0 saturated heterocycles. The molecule has 0 aromatic heterocycles. The summed E-state index contributed by atoms with van der Waals surface area (Å²) in [6, 6.07) is 9.92. The third-order valence-corrected chi connectivity index (χ3v) is 6.36. The highest BCUT2D eigenvalue weighted by atomic mass is 32.2. The minimum atomic E-state index is -3.98. The second-order valence-electron chi connectivity index (χ2n) is 7.47. The molecule has 0 bridgehead atoms. The first-order valence-electron chi connectivity index (χ1n) is 10.0. The zero-order valence-corrected chi connectivity index (χ0v) is 18.8. The van der Waals surface area contributed by atoms with E-state index < -0.39 is 16.0 Å². The summed E-state index contributed by atoms with van der Waals surface area (Å²) < 4.78 is 28.7. The van der Waals surface area contributed by atoms with Crippen LogP contribution in [0.4, 0.5) is 11.4 Å². The van der Waals surface area contributed by atoms with E-state index in [-0.39, 0.29) is 16.1 Å². The topological polar surface area (TPSA) is 98.7 Å². The van der Waals surface area contributed by atoms with Crippen molar-refractivity contribution < 1.29 is 18.3 Å². The van der Waals surface area contributed by atoms with E-state index in [0.717, 1.165) is 24.9 Å². The fourth-order valence-corrected chi connectivity index (χ4v) is 4.58. The van der Waals surface area contributed by atoms with Gasteiger partial charge in [-0.05, 0) is 76.2 Å². The molecule has 0 saturated carbocycles. The fraction of sp³-hybridized carbons (Fsp3) is 0.409. The van der Waals surface area contributed by atoms with Crippen LogP contribution in [0.1, 0.15) is 41.3 Å². The lowest BCUT2D eigenvalue weighted by atomic mass is 9.99. The highest BCUT2D eigenvalue weighted by molar-refractivity contribution is 7.92. The molecule has 8 heteroatoms. The predicted octanol–water partition coefficient (Wildman–Crippen LogP) is 3.81. The fourth-order valence-electron chi connectivity index (χ4n) is 3.32. The Kier molecular flexibility index (Phi) is 8.25. The van der Waals surface area contributed by atoms with Crippen molar-refractivity contribution in [3.8, 4) is 0 Å². The van der Waals surface area contributed by atoms with E-state index in [9.17, 15) is 18.3 Å². The molecule has 0 radical (unpaired) electrons. The van der Waals surface area contributed by atoms with Crippen LogP contribution in [0.5, 0.6) is 0 Å². The average molecular weight is 434 g/mol. The molecule has 7 nitrogen and oxygen atoms in total. The molecule has 3 N–H and O–H groups in total. The lowest BCUT2D eigenvalue weighted by Gasteiger charge is -2.17. The van der Waals surface area contributed by atoms with Crippen molar-refractivity contribution in [2.45, 2.75) is 38.0 Å². The molecule has 0 amide bonds. The van der Waals surface area contributed by atoms with E-state index in [1.807, 2.05) is 21.0 Å². The lowest BCUT2D eigenvalue weighted by Crippen LogP contribution is -2.19. The van der Waals surface area contributed by atoms with E-state index in [1.165, 1.54) is 12.1 Å². The first-order valence-corrected chi connectivity index (χ1v) is 11.5. The summed E-state index contributed by atoms with van der Waals surface area (Å²) >= 11 is 0. The number of carbonyl (C=O) groups is 1. The van der Waals surface area contributed by atoms with Gasteiger partial charge in [0, 0.05) is 6.54 Å². The second kappa shape index (κ2) is 10.4. The molecule has 0 spiro atoms. The zero-order valence-electron chi connectivity index (χ0n) is 18.0. The van der Waals surface area contributed by atoms with Crippen molar-refractivity contribution in [2.24, 2.45) is 0 Å². The van der Waals surface area contributed by atoms with Crippen molar-refractivity contribution in [3.63, 3.8) is 0 Å². The summed E-state index contributed by atoms with van der Waals surface area (Å²) in [6.45, 7) is 5.24. The van der Waals surface area contributed by atoms with E-state index in [1.54, 1.807) is 31.2 Å². The first kappa shape index (κ1) is 23.7. The second-order valence-corrected chi connectivity index (χ2v) is 9.12. The van der Waals surface area contributed by atoms with Gasteiger partial charge >= 0.3 is 5.97 Å². The third kappa shape index (κ3) is 5.96. The van der Waals surface area contributed by atoms with Gasteiger partial charge in [0.2, 0.25) is 0 Å². The number of benzene rings is 2. The molecule has 2 aromatic rings. The number of unbranched alkanes of at least 4 members (excludes halogenated alkanes) is 1. The van der Waals surface area contributed by atoms with Crippen LogP contribution in [-0.2, 0) is 16.4 Å². The normalized spacial score (nSPS) is 11.5. The van der Waals surface area contributed by atoms with Crippen LogP contribution in [0.25, 0.3) is 0 Å². The summed E-state index contributed by atoms with van der Waals surface area (Å²) in [4.78, 5) is 14.0. The molecule has 0 unspecified atom stereocenters. The van der Waals surface area contributed by atoms with Gasteiger partial charge in [-0.25, -0.2) is 13.2 Å². The third-order valence-electron chi connectivity index (χ3n) is 4.94. The molecule has 0 fully saturated rings. The number of carboxylic acids is 1. The number of rotatable bonds is 11. The van der Waals surface area contributed by atoms with E-state index in [2.05, 4.69) is 14.9 Å². The number of carboxylic acid groups (broad SMARTS) is 1. The van der Waals surface area contributed by atoms with Crippen LogP contribution in [0.3, 0.4) is 0 Å². The number of para-hydroxylation sites is 1. The Labute approximate surface area is 179 Å². The smallest absolute Gasteiger partial charge is 0.338 e. The van der Waals surface area contributed by atoms with Gasteiger partial charge in [-0.3, -0.25) is 4.72 Å². The molecule has 0 aliphatic rings. The lowest BCUT2D eigenvalue weighted by molar-refractivity contribution is 0.0697. The predicted molar refractivity (Wildman–Crippen MR) is 121 cm³/mol. The largest absolute Gasteiger partial charge is 0.478 e. The summed E-state index contributed by atoms with van der Waals surface area (Å²) in [6.07, 6.45) is 2.57. The van der Waals surface area contributed by atoms with Crippen LogP contribution >= 0.6 is 0 Å². The minimum Gasteiger partial charge on any atom is -0.478 e. The molecule has 2 rings (SSSR count). The first-order chi connectivity index (χ1) is 14.2. The summed E-state index contributed by atoms with van der Waals surface area (Å²) in [5.41, 5.74) is 1.98. The maximum atomic E-state index is 13.1. The molecular weight excluding hydrogens is 402 g/mol. The summed E-state index contributed by atoms with van der Waals surface area (Å²) in [5, 5.41) is 12.8. The van der Waals surface area contributed by atoms with E-state index in [4.69, 9.17) is 0 Å². The van der Waals surface area contributed by atoms with Gasteiger partial charge in [-0.15, -0.1) is 0 Å². The Bertz CT molecular complexity index is 988. The Morgan fingerprint density at radius 1 is 1.07 bits per heavy atom. The molecule has 30 heavy (non-hydrogen) atoms. The number of aromatic carboxylic acids is 1. The number of aryl methyl sites for hydroxylation is 1. The molecular formula is C22H31N3O4S. The van der Waals surface area contributed by atoms with Gasteiger partial charge in [-0.2, -0.15) is 0 Å². The van der Waals surface area contributed by atoms with Crippen LogP contribution in [0, 0.1) is 6.92 Å². The van der Waals surface area contributed by atoms with E-state index in [0.29, 0.717) is 24.2 Å². The Hall–Kier alpha value is -2.58. The highest BCUT2D eigenvalue weighted by Crippen LogP contribution is 2.28. The summed E-state index contributed by atoms with van der Waals surface area (Å²) in [7, 11) is 0.0535. The van der Waals surface area contributed by atoms with Crippen LogP contribution in [-0.4, -0.2) is 51.6 Å². The van der Waals surface area contributed by atoms with Gasteiger partial charge in [0.15, 0.2) is 0 Å². The van der Waals surface area contributed by atoms with Crippen molar-refractivity contribution >= 4 is 27.4 Å². The standard InChI is InChI=1S/C22H31N3O4S/c1-5-17-12-13-19(21(16(17)2)22(26)27)24-30(28,29)20-11-7-6-10-18(20)23-14-8-9-15-25(3)4/h6-7,10-13,23-24H,5,8-9,14-15H2,1-4H3,(H,26,27). The molecule has 0 heterocycles. The molecule has 164 valence electrons. The van der Waals surface area contributed by atoms with Crippen molar-refractivity contribution in [1.29, 1.82) is 0 Å². The molecule has 0 atom stereocenters. The Morgan fingerprint density at radius 2 is 1.77 bits per heavy atom. The Balaban J connectivity index is 2.27. The van der Waals surface area contributed by atoms with Crippen LogP contribution in [0.2, 0.25) is 0 Å². The van der Waals surface area contributed by atoms with Gasteiger partial charge < -0.3 is 15.3 Å². The minimum absolute atomic E-state index is 0.0212. The molecule has 0 aliphatic carbocycles. The number of nitrogens with zero attached hydrogens (tertiary/aromatic N) is 1. The SMILES string of the molecule is CCc1ccc(NS(=O)(=O)c2ccccc2NCCCCN(C)C)c(C(=O)O)c1C. The number of hydrogen-bond donors (Lipinski definition) is 3. The van der Waals surface area contributed by atoms with E-state index >= 15 is 0 Å². The zero-order chi connectivity index (χ0) is 22.3. The summed E-state index contributed by atoms with van der Waals surface area (Å²) in [5.74, 6) is -1.16. The van der Waals surface area contributed by atoms with Crippen LogP contribution in [0.15, 0.2) is 41.3 Å². The highest BCUT2D eigenvalue weighted by Gasteiger charge is 2.23. The van der Waals surface area contributed by atoms with Gasteiger partial charge in [0.25, 0.3) is 10.0 Å². The quantitative estimate of drug-likeness (QED) is 0.466. The number of anilines is 2. The number of sulfonamides is 1. The maximum absolute atomic E-state index is 13.1. The van der Waals surface area contributed by atoms with Gasteiger partial charge in [0.05, 0.1) is 16.9 Å². The van der Waals surface area contributed by atoms with Crippen molar-refractivity contribution in [3.05, 3.63) is 53.1 Å². The monoisotopic (exact) mass is 433 g/mol.